The molecule has 0 aliphatic heterocycles. The Morgan fingerprint density at radius 3 is 3.08 bits per heavy atom. The van der Waals surface area contributed by atoms with E-state index in [9.17, 15) is 4.79 Å². The first kappa shape index (κ1) is 8.78. The van der Waals surface area contributed by atoms with E-state index in [1.165, 1.54) is 7.11 Å². The lowest BCUT2D eigenvalue weighted by atomic mass is 9.96. The smallest absolute Gasteiger partial charge is 0.311 e. The lowest BCUT2D eigenvalue weighted by Gasteiger charge is -1.99. The number of aromatic nitrogens is 1. The summed E-state index contributed by atoms with van der Waals surface area (Å²) in [5.74, 6) is -0.256. The number of methoxy groups -OCH3 is 1. The van der Waals surface area contributed by atoms with Crippen LogP contribution >= 0.6 is 0 Å². The fraction of sp³-hybridized carbons (Fsp3) is 0.250. The van der Waals surface area contributed by atoms with Crippen molar-refractivity contribution < 1.29 is 9.53 Å². The second kappa shape index (κ2) is 3.90. The van der Waals surface area contributed by atoms with Gasteiger partial charge >= 0.3 is 5.97 Å². The molecule has 0 atom stereocenters. The number of hydrogen-bond acceptors (Lipinski definition) is 3. The lowest BCUT2D eigenvalue weighted by molar-refractivity contribution is -0.139. The summed E-state index contributed by atoms with van der Waals surface area (Å²) in [5.41, 5.74) is 1.85. The van der Waals surface area contributed by atoms with E-state index in [0.29, 0.717) is 0 Å². The molecular weight excluding hydrogens is 153 g/mol. The highest BCUT2D eigenvalue weighted by Crippen LogP contribution is 1.93. The summed E-state index contributed by atoms with van der Waals surface area (Å²) in [5, 5.41) is 0. The minimum atomic E-state index is -0.256. The maximum absolute atomic E-state index is 10.8. The summed E-state index contributed by atoms with van der Waals surface area (Å²) in [6, 6.07) is 3.76. The van der Waals surface area contributed by atoms with Gasteiger partial charge in [-0.1, -0.05) is 11.5 Å². The Hall–Kier alpha value is -1.32. The average Bonchev–Trinajstić information content (AvgIpc) is 2.04. The normalized spacial score (nSPS) is 9.42. The summed E-state index contributed by atoms with van der Waals surface area (Å²) in [6.07, 6.45) is 1.94. The number of carbonyl (C=O) groups is 1. The van der Waals surface area contributed by atoms with E-state index in [-0.39, 0.29) is 12.4 Å². The third-order valence-electron chi connectivity index (χ3n) is 1.53. The molecule has 4 heteroatoms. The van der Waals surface area contributed by atoms with Crippen LogP contribution < -0.4 is 5.46 Å². The van der Waals surface area contributed by atoms with Gasteiger partial charge in [-0.3, -0.25) is 9.78 Å². The van der Waals surface area contributed by atoms with Gasteiger partial charge in [0.2, 0.25) is 0 Å². The second-order valence-electron chi connectivity index (χ2n) is 2.58. The van der Waals surface area contributed by atoms with Crippen molar-refractivity contribution in [3.05, 3.63) is 24.0 Å². The molecular formula is C8H10BNO2. The highest BCUT2D eigenvalue weighted by molar-refractivity contribution is 6.32. The number of hydrogen-bond donors (Lipinski definition) is 0. The van der Waals surface area contributed by atoms with Crippen molar-refractivity contribution in [2.24, 2.45) is 0 Å². The molecule has 1 aromatic rings. The van der Waals surface area contributed by atoms with Gasteiger partial charge < -0.3 is 4.74 Å². The molecule has 1 rings (SSSR count). The summed E-state index contributed by atoms with van der Waals surface area (Å²) in [7, 11) is 3.33. The molecule has 0 amide bonds. The highest BCUT2D eigenvalue weighted by Gasteiger charge is 2.02. The number of nitrogens with zero attached hydrogens (tertiary/aromatic N) is 1. The van der Waals surface area contributed by atoms with Crippen molar-refractivity contribution in [3.8, 4) is 0 Å². The van der Waals surface area contributed by atoms with E-state index in [2.05, 4.69) is 9.72 Å². The second-order valence-corrected chi connectivity index (χ2v) is 2.58. The minimum Gasteiger partial charge on any atom is -0.469 e. The maximum atomic E-state index is 10.8. The van der Waals surface area contributed by atoms with Crippen LogP contribution in [0.25, 0.3) is 0 Å². The van der Waals surface area contributed by atoms with E-state index in [4.69, 9.17) is 0 Å². The number of esters is 1. The fourth-order valence-corrected chi connectivity index (χ4v) is 0.915. The predicted octanol–water partition coefficient (Wildman–Crippen LogP) is -0.945. The van der Waals surface area contributed by atoms with E-state index < -0.39 is 0 Å². The molecule has 0 fully saturated rings. The van der Waals surface area contributed by atoms with Gasteiger partial charge in [-0.2, -0.15) is 0 Å². The number of pyridine rings is 1. The van der Waals surface area contributed by atoms with Crippen molar-refractivity contribution in [2.45, 2.75) is 6.42 Å². The predicted molar refractivity (Wildman–Crippen MR) is 48.1 cm³/mol. The first-order chi connectivity index (χ1) is 5.72. The quantitative estimate of drug-likeness (QED) is 0.417. The molecule has 0 saturated heterocycles. The molecule has 0 aliphatic rings. The zero-order chi connectivity index (χ0) is 8.97. The van der Waals surface area contributed by atoms with Crippen LogP contribution in [0.15, 0.2) is 18.3 Å². The van der Waals surface area contributed by atoms with Crippen LogP contribution in [0.4, 0.5) is 0 Å². The van der Waals surface area contributed by atoms with Crippen LogP contribution in [-0.4, -0.2) is 25.9 Å². The molecule has 12 heavy (non-hydrogen) atoms. The SMILES string of the molecule is Bc1ccnc(CC(=O)OC)c1. The van der Waals surface area contributed by atoms with Crippen LogP contribution in [0.5, 0.6) is 0 Å². The molecule has 3 nitrogen and oxygen atoms in total. The standard InChI is InChI=1S/C8H10BNO2/c1-12-8(11)5-7-4-6(9)2-3-10-7/h2-4H,5,9H2,1H3. The van der Waals surface area contributed by atoms with Gasteiger partial charge in [-0.15, -0.1) is 0 Å². The van der Waals surface area contributed by atoms with E-state index in [1.807, 2.05) is 20.0 Å². The van der Waals surface area contributed by atoms with Crippen molar-refractivity contribution in [2.75, 3.05) is 7.11 Å². The minimum absolute atomic E-state index is 0.248. The van der Waals surface area contributed by atoms with Gasteiger partial charge in [-0.25, -0.2) is 0 Å². The Kier molecular flexibility index (Phi) is 2.85. The van der Waals surface area contributed by atoms with Crippen LogP contribution in [0, 0.1) is 0 Å². The Morgan fingerprint density at radius 1 is 1.75 bits per heavy atom. The number of carbonyl (C=O) groups excluding carboxylic acids is 1. The van der Waals surface area contributed by atoms with Crippen LogP contribution in [0.3, 0.4) is 0 Å². The molecule has 0 N–H and O–H groups in total. The molecule has 0 unspecified atom stereocenters. The number of ether oxygens (including phenoxy) is 1. The van der Waals surface area contributed by atoms with E-state index >= 15 is 0 Å². The first-order valence-electron chi connectivity index (χ1n) is 3.70. The van der Waals surface area contributed by atoms with Crippen LogP contribution in [0.1, 0.15) is 5.69 Å². The van der Waals surface area contributed by atoms with Crippen molar-refractivity contribution in [1.29, 1.82) is 0 Å². The third kappa shape index (κ3) is 2.38. The molecule has 62 valence electrons. The Morgan fingerprint density at radius 2 is 2.50 bits per heavy atom. The molecule has 0 saturated carbocycles. The molecule has 1 heterocycles. The van der Waals surface area contributed by atoms with Gasteiger partial charge in [0, 0.05) is 6.20 Å². The Balaban J connectivity index is 2.69. The average molecular weight is 163 g/mol. The van der Waals surface area contributed by atoms with Gasteiger partial charge in [0.25, 0.3) is 0 Å². The first-order valence-corrected chi connectivity index (χ1v) is 3.70. The Labute approximate surface area is 72.2 Å². The lowest BCUT2D eigenvalue weighted by Crippen LogP contribution is -2.10. The summed E-state index contributed by atoms with van der Waals surface area (Å²) in [6.45, 7) is 0. The monoisotopic (exact) mass is 163 g/mol. The molecule has 0 radical (unpaired) electrons. The third-order valence-corrected chi connectivity index (χ3v) is 1.53. The maximum Gasteiger partial charge on any atom is 0.311 e. The van der Waals surface area contributed by atoms with E-state index in [1.54, 1.807) is 6.20 Å². The van der Waals surface area contributed by atoms with Gasteiger partial charge in [0.05, 0.1) is 19.2 Å². The summed E-state index contributed by atoms with van der Waals surface area (Å²) in [4.78, 5) is 14.9. The molecule has 1 aromatic heterocycles. The largest absolute Gasteiger partial charge is 0.469 e. The summed E-state index contributed by atoms with van der Waals surface area (Å²) >= 11 is 0. The van der Waals surface area contributed by atoms with Crippen molar-refractivity contribution >= 4 is 19.3 Å². The topological polar surface area (TPSA) is 39.2 Å². The zero-order valence-electron chi connectivity index (χ0n) is 7.20. The van der Waals surface area contributed by atoms with E-state index in [0.717, 1.165) is 11.2 Å². The Bertz CT molecular complexity index is 288. The van der Waals surface area contributed by atoms with Gasteiger partial charge in [0.1, 0.15) is 7.85 Å². The van der Waals surface area contributed by atoms with Gasteiger partial charge in [0.15, 0.2) is 0 Å². The molecule has 0 spiro atoms. The van der Waals surface area contributed by atoms with Crippen molar-refractivity contribution in [3.63, 3.8) is 0 Å². The highest BCUT2D eigenvalue weighted by atomic mass is 16.5. The molecule has 0 bridgehead atoms. The molecule has 0 aromatic carbocycles. The molecule has 0 aliphatic carbocycles. The summed E-state index contributed by atoms with van der Waals surface area (Å²) < 4.78 is 4.52. The van der Waals surface area contributed by atoms with Crippen LogP contribution in [-0.2, 0) is 16.0 Å². The van der Waals surface area contributed by atoms with Crippen LogP contribution in [0.2, 0.25) is 0 Å². The van der Waals surface area contributed by atoms with Crippen molar-refractivity contribution in [1.82, 2.24) is 4.98 Å². The fourth-order valence-electron chi connectivity index (χ4n) is 0.915. The zero-order valence-corrected chi connectivity index (χ0v) is 7.20. The van der Waals surface area contributed by atoms with Gasteiger partial charge in [-0.05, 0) is 6.07 Å². The number of rotatable bonds is 2.